The van der Waals surface area contributed by atoms with Gasteiger partial charge in [-0.05, 0) is 39.3 Å². The van der Waals surface area contributed by atoms with E-state index in [1.54, 1.807) is 4.90 Å². The highest BCUT2D eigenvalue weighted by Gasteiger charge is 2.41. The van der Waals surface area contributed by atoms with Gasteiger partial charge in [0.1, 0.15) is 0 Å². The fraction of sp³-hybridized carbons (Fsp3) is 1.00. The van der Waals surface area contributed by atoms with Crippen LogP contribution in [0.1, 0.15) is 39.5 Å². The number of β-amino-alcohol motifs (C(OH)–C–C–N with tert-alkyl or cyclic N) is 1. The average Bonchev–Trinajstić information content (AvgIpc) is 2.35. The highest BCUT2D eigenvalue weighted by Crippen LogP contribution is 2.25. The molecule has 1 fully saturated rings. The van der Waals surface area contributed by atoms with Gasteiger partial charge in [0, 0.05) is 18.6 Å². The molecule has 0 aliphatic carbocycles. The first-order valence-corrected chi connectivity index (χ1v) is 7.08. The van der Waals surface area contributed by atoms with Gasteiger partial charge in [0.25, 0.3) is 0 Å². The van der Waals surface area contributed by atoms with Crippen molar-refractivity contribution in [1.29, 1.82) is 0 Å². The van der Waals surface area contributed by atoms with Crippen LogP contribution in [0.5, 0.6) is 0 Å². The van der Waals surface area contributed by atoms with Crippen LogP contribution in [0.15, 0.2) is 0 Å². The first-order valence-electron chi connectivity index (χ1n) is 7.08. The fourth-order valence-electron chi connectivity index (χ4n) is 2.64. The lowest BCUT2D eigenvalue weighted by atomic mass is 9.96. The van der Waals surface area contributed by atoms with Crippen LogP contribution in [-0.4, -0.2) is 54.0 Å². The van der Waals surface area contributed by atoms with Crippen LogP contribution in [0, 0.1) is 0 Å². The van der Waals surface area contributed by atoms with Gasteiger partial charge >= 0.3 is 6.18 Å². The van der Waals surface area contributed by atoms with E-state index < -0.39 is 12.3 Å². The molecule has 1 rings (SSSR count). The zero-order valence-corrected chi connectivity index (χ0v) is 11.7. The van der Waals surface area contributed by atoms with Crippen molar-refractivity contribution < 1.29 is 18.3 Å². The topological polar surface area (TPSA) is 35.5 Å². The molecule has 0 bridgehead atoms. The highest BCUT2D eigenvalue weighted by atomic mass is 19.4. The normalized spacial score (nSPS) is 25.3. The Hall–Kier alpha value is -0.330. The molecule has 0 amide bonds. The molecule has 0 radical (unpaired) electrons. The van der Waals surface area contributed by atoms with Crippen molar-refractivity contribution in [2.45, 2.75) is 63.9 Å². The number of halogens is 3. The van der Waals surface area contributed by atoms with E-state index in [4.69, 9.17) is 0 Å². The van der Waals surface area contributed by atoms with Crippen LogP contribution in [0.2, 0.25) is 0 Å². The average molecular weight is 282 g/mol. The SMILES string of the molecule is CCCNC(C)C1CCCCN1CC(O)C(F)(F)F. The molecule has 1 aliphatic heterocycles. The van der Waals surface area contributed by atoms with Crippen molar-refractivity contribution in [1.82, 2.24) is 10.2 Å². The molecule has 114 valence electrons. The van der Waals surface area contributed by atoms with E-state index in [-0.39, 0.29) is 18.6 Å². The lowest BCUT2D eigenvalue weighted by molar-refractivity contribution is -0.210. The molecule has 1 heterocycles. The van der Waals surface area contributed by atoms with Gasteiger partial charge in [-0.3, -0.25) is 4.90 Å². The van der Waals surface area contributed by atoms with E-state index in [2.05, 4.69) is 12.2 Å². The fourth-order valence-corrected chi connectivity index (χ4v) is 2.64. The summed E-state index contributed by atoms with van der Waals surface area (Å²) in [5, 5.41) is 12.6. The molecule has 3 unspecified atom stereocenters. The zero-order valence-electron chi connectivity index (χ0n) is 11.7. The molecule has 6 heteroatoms. The lowest BCUT2D eigenvalue weighted by Gasteiger charge is -2.40. The maximum absolute atomic E-state index is 12.4. The second-order valence-electron chi connectivity index (χ2n) is 5.36. The van der Waals surface area contributed by atoms with Gasteiger partial charge in [-0.15, -0.1) is 0 Å². The summed E-state index contributed by atoms with van der Waals surface area (Å²) in [6, 6.07) is 0.234. The largest absolute Gasteiger partial charge is 0.415 e. The zero-order chi connectivity index (χ0) is 14.5. The number of nitrogens with zero attached hydrogens (tertiary/aromatic N) is 1. The number of alkyl halides is 3. The quantitative estimate of drug-likeness (QED) is 0.783. The van der Waals surface area contributed by atoms with Crippen LogP contribution in [-0.2, 0) is 0 Å². The van der Waals surface area contributed by atoms with Gasteiger partial charge in [-0.1, -0.05) is 13.3 Å². The van der Waals surface area contributed by atoms with Gasteiger partial charge in [0.15, 0.2) is 6.10 Å². The van der Waals surface area contributed by atoms with Crippen LogP contribution in [0.25, 0.3) is 0 Å². The molecule has 0 aromatic heterocycles. The molecule has 1 aliphatic rings. The molecule has 0 aromatic carbocycles. The van der Waals surface area contributed by atoms with E-state index in [9.17, 15) is 18.3 Å². The molecule has 0 spiro atoms. The maximum atomic E-state index is 12.4. The van der Waals surface area contributed by atoms with Crippen LogP contribution >= 0.6 is 0 Å². The maximum Gasteiger partial charge on any atom is 0.415 e. The van der Waals surface area contributed by atoms with Crippen molar-refractivity contribution >= 4 is 0 Å². The monoisotopic (exact) mass is 282 g/mol. The van der Waals surface area contributed by atoms with Crippen molar-refractivity contribution in [3.8, 4) is 0 Å². The smallest absolute Gasteiger partial charge is 0.382 e. The molecule has 3 nitrogen and oxygen atoms in total. The van der Waals surface area contributed by atoms with E-state index in [1.165, 1.54) is 0 Å². The number of piperidine rings is 1. The second kappa shape index (κ2) is 7.45. The molecule has 2 N–H and O–H groups in total. The Morgan fingerprint density at radius 1 is 1.37 bits per heavy atom. The summed E-state index contributed by atoms with van der Waals surface area (Å²) in [6.45, 7) is 5.26. The highest BCUT2D eigenvalue weighted by molar-refractivity contribution is 4.87. The predicted octanol–water partition coefficient (Wildman–Crippen LogP) is 2.15. The summed E-state index contributed by atoms with van der Waals surface area (Å²) >= 11 is 0. The van der Waals surface area contributed by atoms with Gasteiger partial charge < -0.3 is 10.4 Å². The Labute approximate surface area is 113 Å². The number of nitrogens with one attached hydrogen (secondary N) is 1. The molecule has 3 atom stereocenters. The Morgan fingerprint density at radius 2 is 2.05 bits per heavy atom. The van der Waals surface area contributed by atoms with Crippen molar-refractivity contribution in [2.75, 3.05) is 19.6 Å². The van der Waals surface area contributed by atoms with E-state index in [0.717, 1.165) is 32.2 Å². The van der Waals surface area contributed by atoms with E-state index in [0.29, 0.717) is 6.54 Å². The van der Waals surface area contributed by atoms with Crippen LogP contribution in [0.4, 0.5) is 13.2 Å². The summed E-state index contributed by atoms with van der Waals surface area (Å²) in [4.78, 5) is 1.79. The van der Waals surface area contributed by atoms with E-state index >= 15 is 0 Å². The number of likely N-dealkylation sites (tertiary alicyclic amines) is 1. The van der Waals surface area contributed by atoms with E-state index in [1.807, 2.05) is 6.92 Å². The third-order valence-corrected chi connectivity index (χ3v) is 3.74. The number of hydrogen-bond acceptors (Lipinski definition) is 3. The number of aliphatic hydroxyl groups is 1. The van der Waals surface area contributed by atoms with Gasteiger partial charge in [-0.2, -0.15) is 13.2 Å². The van der Waals surface area contributed by atoms with Gasteiger partial charge in [-0.25, -0.2) is 0 Å². The number of aliphatic hydroxyl groups excluding tert-OH is 1. The third kappa shape index (κ3) is 5.28. The Morgan fingerprint density at radius 3 is 2.63 bits per heavy atom. The van der Waals surface area contributed by atoms with Gasteiger partial charge in [0.2, 0.25) is 0 Å². The van der Waals surface area contributed by atoms with Crippen molar-refractivity contribution in [3.63, 3.8) is 0 Å². The molecular weight excluding hydrogens is 257 g/mol. The minimum absolute atomic E-state index is 0.0808. The standard InChI is InChI=1S/C13H25F3N2O/c1-3-7-17-10(2)11-6-4-5-8-18(11)9-12(19)13(14,15)16/h10-12,17,19H,3-9H2,1-2H3. The Bertz CT molecular complexity index is 261. The van der Waals surface area contributed by atoms with Crippen molar-refractivity contribution in [2.24, 2.45) is 0 Å². The number of rotatable bonds is 6. The van der Waals surface area contributed by atoms with Crippen LogP contribution < -0.4 is 5.32 Å². The summed E-state index contributed by atoms with van der Waals surface area (Å²) in [7, 11) is 0. The lowest BCUT2D eigenvalue weighted by Crippen LogP contribution is -2.54. The minimum Gasteiger partial charge on any atom is -0.382 e. The second-order valence-corrected chi connectivity index (χ2v) is 5.36. The Balaban J connectivity index is 2.57. The number of hydrogen-bond donors (Lipinski definition) is 2. The van der Waals surface area contributed by atoms with Gasteiger partial charge in [0.05, 0.1) is 0 Å². The minimum atomic E-state index is -4.53. The first kappa shape index (κ1) is 16.7. The molecule has 0 saturated carbocycles. The molecular formula is C13H25F3N2O. The third-order valence-electron chi connectivity index (χ3n) is 3.74. The molecule has 19 heavy (non-hydrogen) atoms. The van der Waals surface area contributed by atoms with Crippen LogP contribution in [0.3, 0.4) is 0 Å². The predicted molar refractivity (Wildman–Crippen MR) is 69.0 cm³/mol. The Kier molecular flexibility index (Phi) is 6.56. The van der Waals surface area contributed by atoms with Crippen molar-refractivity contribution in [3.05, 3.63) is 0 Å². The summed E-state index contributed by atoms with van der Waals surface area (Å²) in [5.74, 6) is 0. The summed E-state index contributed by atoms with van der Waals surface area (Å²) in [5.41, 5.74) is 0. The summed E-state index contributed by atoms with van der Waals surface area (Å²) < 4.78 is 37.3. The summed E-state index contributed by atoms with van der Waals surface area (Å²) in [6.07, 6.45) is -2.93. The molecule has 1 saturated heterocycles. The molecule has 0 aromatic rings. The first-order chi connectivity index (χ1) is 8.86.